The number of carbonyl (C=O) groups excluding carboxylic acids is 1. The Morgan fingerprint density at radius 1 is 1.19 bits per heavy atom. The highest BCUT2D eigenvalue weighted by Crippen LogP contribution is 2.38. The Morgan fingerprint density at radius 2 is 1.96 bits per heavy atom. The zero-order valence-electron chi connectivity index (χ0n) is 15.3. The number of rotatable bonds is 4. The summed E-state index contributed by atoms with van der Waals surface area (Å²) in [7, 11) is 4.13. The molecule has 1 aliphatic heterocycles. The summed E-state index contributed by atoms with van der Waals surface area (Å²) in [4.78, 5) is 13.5. The summed E-state index contributed by atoms with van der Waals surface area (Å²) in [5.74, 6) is 1.02. The average Bonchev–Trinajstić information content (AvgIpc) is 2.72. The van der Waals surface area contributed by atoms with E-state index in [2.05, 4.69) is 37.2 Å². The molecule has 0 spiro atoms. The molecule has 0 N–H and O–H groups in total. The van der Waals surface area contributed by atoms with Gasteiger partial charge in [-0.05, 0) is 55.4 Å². The van der Waals surface area contributed by atoms with Crippen molar-refractivity contribution in [2.24, 2.45) is 0 Å². The standard InChI is InChI=1S/C21H23NO3.ClH/c1-15(23)25-17-10-11-21-20(13-17)19(9-6-12-22(2)3)18-8-5-4-7-16(18)14-24-21;/h4-5,7-11,13H,6,12,14H2,1-3H3;1H/b19-9-;. The van der Waals surface area contributed by atoms with Crippen LogP contribution in [-0.4, -0.2) is 31.5 Å². The van der Waals surface area contributed by atoms with Crippen LogP contribution in [0, 0.1) is 0 Å². The number of esters is 1. The number of hydrogen-bond donors (Lipinski definition) is 0. The van der Waals surface area contributed by atoms with Crippen molar-refractivity contribution in [3.63, 3.8) is 0 Å². The molecule has 1 aliphatic rings. The van der Waals surface area contributed by atoms with Gasteiger partial charge in [-0.3, -0.25) is 4.79 Å². The van der Waals surface area contributed by atoms with E-state index in [-0.39, 0.29) is 18.4 Å². The van der Waals surface area contributed by atoms with Gasteiger partial charge in [-0.1, -0.05) is 30.3 Å². The first-order valence-electron chi connectivity index (χ1n) is 8.43. The first kappa shape index (κ1) is 20.0. The van der Waals surface area contributed by atoms with Crippen LogP contribution in [0.15, 0.2) is 48.5 Å². The zero-order valence-corrected chi connectivity index (χ0v) is 16.1. The predicted molar refractivity (Wildman–Crippen MR) is 106 cm³/mol. The molecule has 0 saturated heterocycles. The van der Waals surface area contributed by atoms with E-state index in [0.29, 0.717) is 12.4 Å². The lowest BCUT2D eigenvalue weighted by Crippen LogP contribution is -2.12. The van der Waals surface area contributed by atoms with Crippen molar-refractivity contribution < 1.29 is 14.3 Å². The van der Waals surface area contributed by atoms with Gasteiger partial charge in [0.1, 0.15) is 18.1 Å². The number of fused-ring (bicyclic) bond motifs is 2. The number of nitrogens with zero attached hydrogens (tertiary/aromatic N) is 1. The second kappa shape index (κ2) is 8.88. The molecule has 0 fully saturated rings. The van der Waals surface area contributed by atoms with Crippen LogP contribution in [0.5, 0.6) is 11.5 Å². The molecule has 2 aromatic carbocycles. The smallest absolute Gasteiger partial charge is 0.308 e. The third kappa shape index (κ3) is 4.65. The highest BCUT2D eigenvalue weighted by atomic mass is 35.5. The number of halogens is 1. The molecule has 0 aromatic heterocycles. The maximum atomic E-state index is 11.3. The summed E-state index contributed by atoms with van der Waals surface area (Å²) in [6, 6.07) is 13.8. The average molecular weight is 374 g/mol. The fraction of sp³-hybridized carbons (Fsp3) is 0.286. The minimum absolute atomic E-state index is 0. The lowest BCUT2D eigenvalue weighted by atomic mass is 9.93. The van der Waals surface area contributed by atoms with Gasteiger partial charge in [0, 0.05) is 19.0 Å². The molecule has 3 rings (SSSR count). The van der Waals surface area contributed by atoms with Crippen LogP contribution in [0.2, 0.25) is 0 Å². The molecule has 0 amide bonds. The van der Waals surface area contributed by atoms with Crippen molar-refractivity contribution in [3.05, 3.63) is 65.2 Å². The third-order valence-corrected chi connectivity index (χ3v) is 4.12. The first-order valence-corrected chi connectivity index (χ1v) is 8.43. The van der Waals surface area contributed by atoms with E-state index in [4.69, 9.17) is 9.47 Å². The van der Waals surface area contributed by atoms with Crippen molar-refractivity contribution in [1.29, 1.82) is 0 Å². The van der Waals surface area contributed by atoms with E-state index in [9.17, 15) is 4.79 Å². The largest absolute Gasteiger partial charge is 0.488 e. The SMILES string of the molecule is CC(=O)Oc1ccc2c(c1)/C(=C\CCN(C)C)c1ccccc1CO2.Cl. The van der Waals surface area contributed by atoms with Crippen LogP contribution in [-0.2, 0) is 11.4 Å². The number of ether oxygens (including phenoxy) is 2. The van der Waals surface area contributed by atoms with Gasteiger partial charge in [-0.25, -0.2) is 0 Å². The predicted octanol–water partition coefficient (Wildman–Crippen LogP) is 4.31. The highest BCUT2D eigenvalue weighted by Gasteiger charge is 2.19. The maximum Gasteiger partial charge on any atom is 0.308 e. The first-order chi connectivity index (χ1) is 12.0. The van der Waals surface area contributed by atoms with E-state index >= 15 is 0 Å². The molecule has 0 bridgehead atoms. The summed E-state index contributed by atoms with van der Waals surface area (Å²) in [6.07, 6.45) is 3.16. The van der Waals surface area contributed by atoms with E-state index in [1.807, 2.05) is 24.3 Å². The summed E-state index contributed by atoms with van der Waals surface area (Å²) >= 11 is 0. The topological polar surface area (TPSA) is 38.8 Å². The van der Waals surface area contributed by atoms with Gasteiger partial charge in [-0.2, -0.15) is 0 Å². The summed E-state index contributed by atoms with van der Waals surface area (Å²) in [5, 5.41) is 0. The van der Waals surface area contributed by atoms with Gasteiger partial charge in [0.2, 0.25) is 0 Å². The molecule has 0 saturated carbocycles. The molecular weight excluding hydrogens is 350 g/mol. The van der Waals surface area contributed by atoms with E-state index < -0.39 is 0 Å². The molecule has 2 aromatic rings. The van der Waals surface area contributed by atoms with Crippen LogP contribution < -0.4 is 9.47 Å². The molecule has 138 valence electrons. The lowest BCUT2D eigenvalue weighted by Gasteiger charge is -2.13. The van der Waals surface area contributed by atoms with Crippen molar-refractivity contribution in [2.75, 3.05) is 20.6 Å². The number of carbonyl (C=O) groups is 1. The fourth-order valence-corrected chi connectivity index (χ4v) is 2.97. The van der Waals surface area contributed by atoms with Gasteiger partial charge in [0.15, 0.2) is 0 Å². The fourth-order valence-electron chi connectivity index (χ4n) is 2.97. The summed E-state index contributed by atoms with van der Waals surface area (Å²) < 4.78 is 11.3. The Bertz CT molecular complexity index is 815. The van der Waals surface area contributed by atoms with E-state index in [1.165, 1.54) is 12.5 Å². The molecule has 1 heterocycles. The van der Waals surface area contributed by atoms with E-state index in [1.54, 1.807) is 6.07 Å². The van der Waals surface area contributed by atoms with Crippen molar-refractivity contribution in [2.45, 2.75) is 20.0 Å². The molecule has 5 heteroatoms. The van der Waals surface area contributed by atoms with Crippen molar-refractivity contribution >= 4 is 23.9 Å². The Morgan fingerprint density at radius 3 is 2.69 bits per heavy atom. The normalized spacial score (nSPS) is 13.9. The monoisotopic (exact) mass is 373 g/mol. The van der Waals surface area contributed by atoms with Gasteiger partial charge < -0.3 is 14.4 Å². The lowest BCUT2D eigenvalue weighted by molar-refractivity contribution is -0.131. The Balaban J connectivity index is 0.00000243. The highest BCUT2D eigenvalue weighted by molar-refractivity contribution is 5.86. The Hall–Kier alpha value is -2.30. The molecule has 0 aliphatic carbocycles. The van der Waals surface area contributed by atoms with Crippen LogP contribution in [0.25, 0.3) is 5.57 Å². The van der Waals surface area contributed by atoms with Crippen LogP contribution in [0.4, 0.5) is 0 Å². The van der Waals surface area contributed by atoms with Crippen LogP contribution >= 0.6 is 12.4 Å². The molecule has 26 heavy (non-hydrogen) atoms. The van der Waals surface area contributed by atoms with Gasteiger partial charge in [0.05, 0.1) is 0 Å². The minimum Gasteiger partial charge on any atom is -0.488 e. The van der Waals surface area contributed by atoms with Crippen molar-refractivity contribution in [3.8, 4) is 11.5 Å². The molecule has 0 unspecified atom stereocenters. The number of hydrogen-bond acceptors (Lipinski definition) is 4. The van der Waals surface area contributed by atoms with Crippen LogP contribution in [0.3, 0.4) is 0 Å². The Labute approximate surface area is 160 Å². The molecule has 0 atom stereocenters. The molecule has 4 nitrogen and oxygen atoms in total. The molecular formula is C21H24ClNO3. The molecule has 0 radical (unpaired) electrons. The maximum absolute atomic E-state index is 11.3. The zero-order chi connectivity index (χ0) is 17.8. The summed E-state index contributed by atoms with van der Waals surface area (Å²) in [5.41, 5.74) is 4.41. The second-order valence-corrected chi connectivity index (χ2v) is 6.41. The Kier molecular flexibility index (Phi) is 6.83. The van der Waals surface area contributed by atoms with Crippen LogP contribution in [0.1, 0.15) is 30.0 Å². The quantitative estimate of drug-likeness (QED) is 0.591. The summed E-state index contributed by atoms with van der Waals surface area (Å²) in [6.45, 7) is 2.90. The van der Waals surface area contributed by atoms with Crippen molar-refractivity contribution in [1.82, 2.24) is 4.90 Å². The third-order valence-electron chi connectivity index (χ3n) is 4.12. The van der Waals surface area contributed by atoms with Gasteiger partial charge in [0.25, 0.3) is 0 Å². The minimum atomic E-state index is -0.326. The van der Waals surface area contributed by atoms with Gasteiger partial charge >= 0.3 is 5.97 Å². The van der Waals surface area contributed by atoms with E-state index in [0.717, 1.165) is 35.4 Å². The number of benzene rings is 2. The second-order valence-electron chi connectivity index (χ2n) is 6.41. The van der Waals surface area contributed by atoms with Gasteiger partial charge in [-0.15, -0.1) is 12.4 Å².